The average Bonchev–Trinajstić information content (AvgIpc) is 2.77. The lowest BCUT2D eigenvalue weighted by molar-refractivity contribution is -0.136. The number of nitrogens with one attached hydrogen (secondary N) is 1. The van der Waals surface area contributed by atoms with Crippen molar-refractivity contribution >= 4 is 16.9 Å². The Balaban J connectivity index is 2.30. The molecule has 0 aliphatic heterocycles. The summed E-state index contributed by atoms with van der Waals surface area (Å²) >= 11 is 0. The third kappa shape index (κ3) is 2.48. The molecule has 0 atom stereocenters. The molecule has 0 unspecified atom stereocenters. The number of carbonyl (C=O) groups is 1. The van der Waals surface area contributed by atoms with E-state index in [2.05, 4.69) is 4.98 Å². The van der Waals surface area contributed by atoms with E-state index in [1.54, 1.807) is 12.1 Å². The smallest absolute Gasteiger partial charge is 0.307 e. The Hall–Kier alpha value is -2.62. The Morgan fingerprint density at radius 1 is 1.18 bits per heavy atom. The fraction of sp³-hybridized carbons (Fsp3) is 0.167. The van der Waals surface area contributed by atoms with Crippen LogP contribution in [0.4, 0.5) is 4.39 Å². The van der Waals surface area contributed by atoms with E-state index >= 15 is 0 Å². The lowest BCUT2D eigenvalue weighted by Crippen LogP contribution is -2.01. The summed E-state index contributed by atoms with van der Waals surface area (Å²) in [4.78, 5) is 14.6. The standard InChI is InChI=1S/C18H16FNO2/c1-10-7-11(2)17-14(9-16(21)22)18(20-15(17)8-10)12-3-5-13(19)6-4-12/h3-8,20H,9H2,1-2H3,(H,21,22). The SMILES string of the molecule is Cc1cc(C)c2c(CC(=O)O)c(-c3ccc(F)cc3)[nH]c2c1. The summed E-state index contributed by atoms with van der Waals surface area (Å²) in [7, 11) is 0. The van der Waals surface area contributed by atoms with Crippen LogP contribution in [0.1, 0.15) is 16.7 Å². The molecule has 0 saturated carbocycles. The van der Waals surface area contributed by atoms with Crippen LogP contribution in [0.3, 0.4) is 0 Å². The zero-order valence-corrected chi connectivity index (χ0v) is 12.4. The quantitative estimate of drug-likeness (QED) is 0.760. The summed E-state index contributed by atoms with van der Waals surface area (Å²) in [6, 6.07) is 10.1. The molecule has 0 amide bonds. The van der Waals surface area contributed by atoms with Crippen LogP contribution >= 0.6 is 0 Å². The summed E-state index contributed by atoms with van der Waals surface area (Å²) in [6.07, 6.45) is -0.0728. The monoisotopic (exact) mass is 297 g/mol. The van der Waals surface area contributed by atoms with Gasteiger partial charge < -0.3 is 10.1 Å². The predicted molar refractivity (Wildman–Crippen MR) is 84.5 cm³/mol. The van der Waals surface area contributed by atoms with Gasteiger partial charge in [-0.1, -0.05) is 6.07 Å². The van der Waals surface area contributed by atoms with Gasteiger partial charge in [0.25, 0.3) is 0 Å². The number of rotatable bonds is 3. The highest BCUT2D eigenvalue weighted by atomic mass is 19.1. The van der Waals surface area contributed by atoms with E-state index in [0.29, 0.717) is 0 Å². The number of aromatic amines is 1. The molecule has 112 valence electrons. The van der Waals surface area contributed by atoms with Crippen molar-refractivity contribution in [2.75, 3.05) is 0 Å². The second-order valence-electron chi connectivity index (χ2n) is 5.56. The maximum Gasteiger partial charge on any atom is 0.307 e. The molecule has 1 aromatic heterocycles. The molecule has 0 aliphatic rings. The number of hydrogen-bond acceptors (Lipinski definition) is 1. The summed E-state index contributed by atoms with van der Waals surface area (Å²) in [5.74, 6) is -1.20. The van der Waals surface area contributed by atoms with Crippen LogP contribution in [0.25, 0.3) is 22.2 Å². The first kappa shape index (κ1) is 14.3. The van der Waals surface area contributed by atoms with Crippen molar-refractivity contribution in [3.8, 4) is 11.3 Å². The van der Waals surface area contributed by atoms with Gasteiger partial charge in [0.05, 0.1) is 12.1 Å². The summed E-state index contributed by atoms with van der Waals surface area (Å²) in [5, 5.41) is 10.2. The van der Waals surface area contributed by atoms with Gasteiger partial charge in [0, 0.05) is 10.9 Å². The number of halogens is 1. The minimum Gasteiger partial charge on any atom is -0.481 e. The zero-order valence-electron chi connectivity index (χ0n) is 12.4. The average molecular weight is 297 g/mol. The fourth-order valence-electron chi connectivity index (χ4n) is 2.99. The van der Waals surface area contributed by atoms with E-state index in [1.807, 2.05) is 26.0 Å². The molecule has 0 saturated heterocycles. The first-order valence-electron chi connectivity index (χ1n) is 7.05. The maximum atomic E-state index is 13.1. The molecule has 4 heteroatoms. The molecule has 3 nitrogen and oxygen atoms in total. The van der Waals surface area contributed by atoms with Gasteiger partial charge in [-0.25, -0.2) is 4.39 Å². The Bertz CT molecular complexity index is 863. The Labute approximate surface area is 127 Å². The van der Waals surface area contributed by atoms with Crippen LogP contribution in [-0.2, 0) is 11.2 Å². The molecule has 0 radical (unpaired) electrons. The van der Waals surface area contributed by atoms with Gasteiger partial charge in [-0.05, 0) is 66.4 Å². The van der Waals surface area contributed by atoms with Crippen LogP contribution in [0.15, 0.2) is 36.4 Å². The molecule has 2 aromatic carbocycles. The Morgan fingerprint density at radius 2 is 1.86 bits per heavy atom. The number of carboxylic acid groups (broad SMARTS) is 1. The van der Waals surface area contributed by atoms with E-state index in [-0.39, 0.29) is 12.2 Å². The second kappa shape index (κ2) is 5.30. The number of hydrogen-bond donors (Lipinski definition) is 2. The Morgan fingerprint density at radius 3 is 2.50 bits per heavy atom. The highest BCUT2D eigenvalue weighted by Gasteiger charge is 2.17. The summed E-state index contributed by atoms with van der Waals surface area (Å²) < 4.78 is 13.1. The van der Waals surface area contributed by atoms with Crippen molar-refractivity contribution in [1.29, 1.82) is 0 Å². The summed E-state index contributed by atoms with van der Waals surface area (Å²) in [5.41, 5.74) is 5.33. The normalized spacial score (nSPS) is 11.0. The van der Waals surface area contributed by atoms with E-state index in [1.165, 1.54) is 12.1 Å². The van der Waals surface area contributed by atoms with Gasteiger partial charge >= 0.3 is 5.97 Å². The molecular weight excluding hydrogens is 281 g/mol. The van der Waals surface area contributed by atoms with Gasteiger partial charge in [0.2, 0.25) is 0 Å². The number of carboxylic acids is 1. The van der Waals surface area contributed by atoms with E-state index < -0.39 is 5.97 Å². The molecule has 0 spiro atoms. The van der Waals surface area contributed by atoms with Crippen molar-refractivity contribution in [2.45, 2.75) is 20.3 Å². The third-order valence-electron chi connectivity index (χ3n) is 3.80. The van der Waals surface area contributed by atoms with Gasteiger partial charge in [0.15, 0.2) is 0 Å². The van der Waals surface area contributed by atoms with Crippen molar-refractivity contribution in [1.82, 2.24) is 4.98 Å². The number of fused-ring (bicyclic) bond motifs is 1. The maximum absolute atomic E-state index is 13.1. The van der Waals surface area contributed by atoms with Crippen molar-refractivity contribution in [2.24, 2.45) is 0 Å². The lowest BCUT2D eigenvalue weighted by atomic mass is 9.99. The fourth-order valence-corrected chi connectivity index (χ4v) is 2.99. The molecule has 1 heterocycles. The zero-order chi connectivity index (χ0) is 15.9. The molecule has 22 heavy (non-hydrogen) atoms. The molecule has 2 N–H and O–H groups in total. The molecule has 3 aromatic rings. The summed E-state index contributed by atoms with van der Waals surface area (Å²) in [6.45, 7) is 3.98. The van der Waals surface area contributed by atoms with Crippen molar-refractivity contribution in [3.05, 3.63) is 58.9 Å². The van der Waals surface area contributed by atoms with Gasteiger partial charge in [-0.15, -0.1) is 0 Å². The number of H-pyrrole nitrogens is 1. The second-order valence-corrected chi connectivity index (χ2v) is 5.56. The van der Waals surface area contributed by atoms with Gasteiger partial charge in [-0.2, -0.15) is 0 Å². The number of aliphatic carboxylic acids is 1. The van der Waals surface area contributed by atoms with Crippen LogP contribution in [-0.4, -0.2) is 16.1 Å². The number of aryl methyl sites for hydroxylation is 2. The van der Waals surface area contributed by atoms with Crippen LogP contribution in [0.5, 0.6) is 0 Å². The van der Waals surface area contributed by atoms with Crippen LogP contribution < -0.4 is 0 Å². The minimum absolute atomic E-state index is 0.0728. The van der Waals surface area contributed by atoms with Crippen LogP contribution in [0.2, 0.25) is 0 Å². The topological polar surface area (TPSA) is 53.1 Å². The molecule has 0 fully saturated rings. The molecule has 0 bridgehead atoms. The van der Waals surface area contributed by atoms with Crippen molar-refractivity contribution < 1.29 is 14.3 Å². The first-order valence-corrected chi connectivity index (χ1v) is 7.05. The lowest BCUT2D eigenvalue weighted by Gasteiger charge is -2.04. The minimum atomic E-state index is -0.885. The van der Waals surface area contributed by atoms with E-state index in [0.717, 1.165) is 38.9 Å². The van der Waals surface area contributed by atoms with Gasteiger partial charge in [-0.3, -0.25) is 4.79 Å². The number of aromatic nitrogens is 1. The number of benzene rings is 2. The Kier molecular flexibility index (Phi) is 3.45. The van der Waals surface area contributed by atoms with E-state index in [9.17, 15) is 14.3 Å². The predicted octanol–water partition coefficient (Wildman–Crippen LogP) is 4.22. The molecule has 0 aliphatic carbocycles. The molecular formula is C18H16FNO2. The van der Waals surface area contributed by atoms with Crippen molar-refractivity contribution in [3.63, 3.8) is 0 Å². The van der Waals surface area contributed by atoms with Gasteiger partial charge in [0.1, 0.15) is 5.82 Å². The highest BCUT2D eigenvalue weighted by molar-refractivity contribution is 5.96. The van der Waals surface area contributed by atoms with Crippen LogP contribution in [0, 0.1) is 19.7 Å². The largest absolute Gasteiger partial charge is 0.481 e. The highest BCUT2D eigenvalue weighted by Crippen LogP contribution is 2.33. The third-order valence-corrected chi connectivity index (χ3v) is 3.80. The van der Waals surface area contributed by atoms with E-state index in [4.69, 9.17) is 0 Å². The molecule has 3 rings (SSSR count). The first-order chi connectivity index (χ1) is 10.5.